The third kappa shape index (κ3) is 3.00. The average Bonchev–Trinajstić information content (AvgIpc) is 2.14. The number of anilines is 1. The summed E-state index contributed by atoms with van der Waals surface area (Å²) in [7, 11) is 0. The zero-order valence-electron chi connectivity index (χ0n) is 9.12. The Kier molecular flexibility index (Phi) is 3.89. The second-order valence-corrected chi connectivity index (χ2v) is 3.95. The van der Waals surface area contributed by atoms with Crippen LogP contribution < -0.4 is 11.1 Å². The highest BCUT2D eigenvalue weighted by molar-refractivity contribution is 5.38. The Morgan fingerprint density at radius 2 is 2.21 bits per heavy atom. The van der Waals surface area contributed by atoms with Crippen molar-refractivity contribution in [3.05, 3.63) is 23.9 Å². The van der Waals surface area contributed by atoms with E-state index in [0.29, 0.717) is 18.5 Å². The van der Waals surface area contributed by atoms with Crippen LogP contribution in [0.3, 0.4) is 0 Å². The summed E-state index contributed by atoms with van der Waals surface area (Å²) in [5.74, 6) is 1.43. The summed E-state index contributed by atoms with van der Waals surface area (Å²) >= 11 is 0. The van der Waals surface area contributed by atoms with Crippen LogP contribution in [0.15, 0.2) is 18.3 Å². The zero-order valence-corrected chi connectivity index (χ0v) is 9.12. The molecule has 1 aromatic rings. The Hall–Kier alpha value is -1.09. The van der Waals surface area contributed by atoms with Crippen molar-refractivity contribution in [1.82, 2.24) is 4.98 Å². The molecule has 0 aromatic carbocycles. The molecule has 1 unspecified atom stereocenters. The molecule has 0 amide bonds. The molecule has 0 spiro atoms. The van der Waals surface area contributed by atoms with E-state index in [1.807, 2.05) is 18.3 Å². The molecule has 3 nitrogen and oxygen atoms in total. The molecule has 1 rings (SSSR count). The lowest BCUT2D eigenvalue weighted by Crippen LogP contribution is -2.33. The number of aromatic nitrogens is 1. The Morgan fingerprint density at radius 1 is 1.50 bits per heavy atom. The number of hydrogen-bond acceptors (Lipinski definition) is 3. The predicted molar refractivity (Wildman–Crippen MR) is 60.3 cm³/mol. The number of rotatable bonds is 4. The summed E-state index contributed by atoms with van der Waals surface area (Å²) in [5.41, 5.74) is 6.88. The average molecular weight is 193 g/mol. The van der Waals surface area contributed by atoms with Crippen LogP contribution in [-0.2, 0) is 0 Å². The largest absolute Gasteiger partial charge is 0.366 e. The van der Waals surface area contributed by atoms with Crippen molar-refractivity contribution in [3.63, 3.8) is 0 Å². The van der Waals surface area contributed by atoms with Crippen LogP contribution in [0, 0.1) is 12.8 Å². The van der Waals surface area contributed by atoms with Gasteiger partial charge in [-0.25, -0.2) is 4.98 Å². The van der Waals surface area contributed by atoms with Gasteiger partial charge in [0.2, 0.25) is 0 Å². The third-order valence-corrected chi connectivity index (χ3v) is 2.31. The van der Waals surface area contributed by atoms with Gasteiger partial charge in [0.15, 0.2) is 0 Å². The highest BCUT2D eigenvalue weighted by atomic mass is 15.0. The summed E-state index contributed by atoms with van der Waals surface area (Å²) in [6, 6.07) is 4.31. The van der Waals surface area contributed by atoms with Crippen LogP contribution in [0.25, 0.3) is 0 Å². The molecule has 3 heteroatoms. The number of nitrogens with one attached hydrogen (secondary N) is 1. The van der Waals surface area contributed by atoms with Crippen molar-refractivity contribution in [2.45, 2.75) is 26.8 Å². The molecule has 3 N–H and O–H groups in total. The first-order chi connectivity index (χ1) is 6.63. The van der Waals surface area contributed by atoms with Crippen molar-refractivity contribution in [2.24, 2.45) is 11.7 Å². The van der Waals surface area contributed by atoms with Crippen LogP contribution in [-0.4, -0.2) is 17.6 Å². The fraction of sp³-hybridized carbons (Fsp3) is 0.545. The van der Waals surface area contributed by atoms with Crippen LogP contribution in [0.4, 0.5) is 5.82 Å². The van der Waals surface area contributed by atoms with Crippen molar-refractivity contribution in [3.8, 4) is 0 Å². The lowest BCUT2D eigenvalue weighted by Gasteiger charge is -2.21. The molecule has 0 aliphatic carbocycles. The first-order valence-electron chi connectivity index (χ1n) is 5.02. The maximum Gasteiger partial charge on any atom is 0.126 e. The first-order valence-corrected chi connectivity index (χ1v) is 5.02. The van der Waals surface area contributed by atoms with E-state index in [-0.39, 0.29) is 0 Å². The fourth-order valence-corrected chi connectivity index (χ4v) is 1.30. The normalized spacial score (nSPS) is 12.9. The fourth-order valence-electron chi connectivity index (χ4n) is 1.30. The smallest absolute Gasteiger partial charge is 0.126 e. The van der Waals surface area contributed by atoms with E-state index < -0.39 is 0 Å². The highest BCUT2D eigenvalue weighted by Gasteiger charge is 2.10. The molecule has 0 saturated carbocycles. The zero-order chi connectivity index (χ0) is 10.6. The van der Waals surface area contributed by atoms with E-state index in [2.05, 4.69) is 31.1 Å². The monoisotopic (exact) mass is 193 g/mol. The van der Waals surface area contributed by atoms with Gasteiger partial charge in [-0.2, -0.15) is 0 Å². The molecule has 1 atom stereocenters. The second kappa shape index (κ2) is 4.96. The maximum absolute atomic E-state index is 5.67. The van der Waals surface area contributed by atoms with E-state index in [9.17, 15) is 0 Å². The minimum atomic E-state index is 0.296. The Balaban J connectivity index is 2.67. The summed E-state index contributed by atoms with van der Waals surface area (Å²) < 4.78 is 0. The Labute approximate surface area is 85.7 Å². The summed E-state index contributed by atoms with van der Waals surface area (Å²) in [6.45, 7) is 6.99. The summed E-state index contributed by atoms with van der Waals surface area (Å²) in [5, 5.41) is 3.33. The van der Waals surface area contributed by atoms with Crippen LogP contribution >= 0.6 is 0 Å². The molecular formula is C11H19N3. The van der Waals surface area contributed by atoms with Gasteiger partial charge in [0.05, 0.1) is 0 Å². The van der Waals surface area contributed by atoms with Crippen molar-refractivity contribution in [1.29, 1.82) is 0 Å². The van der Waals surface area contributed by atoms with E-state index in [1.165, 1.54) is 5.56 Å². The third-order valence-electron chi connectivity index (χ3n) is 2.31. The van der Waals surface area contributed by atoms with Gasteiger partial charge >= 0.3 is 0 Å². The molecule has 0 radical (unpaired) electrons. The van der Waals surface area contributed by atoms with Gasteiger partial charge in [-0.15, -0.1) is 0 Å². The van der Waals surface area contributed by atoms with Gasteiger partial charge in [0.1, 0.15) is 5.82 Å². The van der Waals surface area contributed by atoms with Gasteiger partial charge in [-0.1, -0.05) is 13.8 Å². The van der Waals surface area contributed by atoms with Crippen molar-refractivity contribution < 1.29 is 0 Å². The first kappa shape index (κ1) is 11.0. The maximum atomic E-state index is 5.67. The minimum Gasteiger partial charge on any atom is -0.366 e. The second-order valence-electron chi connectivity index (χ2n) is 3.95. The number of pyridine rings is 1. The van der Waals surface area contributed by atoms with Crippen molar-refractivity contribution >= 4 is 5.82 Å². The topological polar surface area (TPSA) is 50.9 Å². The van der Waals surface area contributed by atoms with Gasteiger partial charge in [0.25, 0.3) is 0 Å². The number of nitrogens with two attached hydrogens (primary N) is 1. The van der Waals surface area contributed by atoms with Crippen molar-refractivity contribution in [2.75, 3.05) is 11.9 Å². The van der Waals surface area contributed by atoms with Crippen LogP contribution in [0.2, 0.25) is 0 Å². The minimum absolute atomic E-state index is 0.296. The molecule has 0 fully saturated rings. The number of hydrogen-bond donors (Lipinski definition) is 2. The molecule has 1 heterocycles. The lowest BCUT2D eigenvalue weighted by molar-refractivity contribution is 0.530. The van der Waals surface area contributed by atoms with E-state index in [4.69, 9.17) is 5.73 Å². The molecule has 78 valence electrons. The molecule has 0 saturated heterocycles. The number of nitrogens with zero attached hydrogens (tertiary/aromatic N) is 1. The summed E-state index contributed by atoms with van der Waals surface area (Å²) in [6.07, 6.45) is 1.81. The lowest BCUT2D eigenvalue weighted by atomic mass is 10.0. The Bertz CT molecular complexity index is 284. The molecule has 0 aliphatic heterocycles. The van der Waals surface area contributed by atoms with Gasteiger partial charge in [-0.3, -0.25) is 0 Å². The summed E-state index contributed by atoms with van der Waals surface area (Å²) in [4.78, 5) is 4.24. The molecule has 1 aromatic heterocycles. The Morgan fingerprint density at radius 3 is 2.71 bits per heavy atom. The van der Waals surface area contributed by atoms with Gasteiger partial charge in [-0.05, 0) is 30.5 Å². The molecule has 0 aliphatic rings. The van der Waals surface area contributed by atoms with Crippen LogP contribution in [0.5, 0.6) is 0 Å². The van der Waals surface area contributed by atoms with E-state index in [0.717, 1.165) is 5.82 Å². The number of aryl methyl sites for hydroxylation is 1. The van der Waals surface area contributed by atoms with Gasteiger partial charge < -0.3 is 11.1 Å². The van der Waals surface area contributed by atoms with E-state index in [1.54, 1.807) is 0 Å². The molecular weight excluding hydrogens is 174 g/mol. The predicted octanol–water partition coefficient (Wildman–Crippen LogP) is 1.79. The van der Waals surface area contributed by atoms with Crippen LogP contribution in [0.1, 0.15) is 19.4 Å². The quantitative estimate of drug-likeness (QED) is 0.766. The standard InChI is InChI=1S/C11H19N3/c1-8(2)10(7-12)14-11-6-9(3)4-5-13-11/h4-6,8,10H,7,12H2,1-3H3,(H,13,14). The van der Waals surface area contributed by atoms with E-state index >= 15 is 0 Å². The highest BCUT2D eigenvalue weighted by Crippen LogP contribution is 2.10. The molecule has 14 heavy (non-hydrogen) atoms. The van der Waals surface area contributed by atoms with Gasteiger partial charge in [0, 0.05) is 18.8 Å². The molecule has 0 bridgehead atoms. The SMILES string of the molecule is Cc1ccnc(NC(CN)C(C)C)c1.